The van der Waals surface area contributed by atoms with Gasteiger partial charge in [0.2, 0.25) is 0 Å². The predicted molar refractivity (Wildman–Crippen MR) is 77.3 cm³/mol. The van der Waals surface area contributed by atoms with Gasteiger partial charge in [-0.2, -0.15) is 0 Å². The second-order valence-corrected chi connectivity index (χ2v) is 4.76. The maximum atomic E-state index is 6.07. The van der Waals surface area contributed by atoms with Crippen LogP contribution in [-0.2, 0) is 11.2 Å². The second-order valence-electron chi connectivity index (χ2n) is 4.32. The van der Waals surface area contributed by atoms with E-state index in [0.29, 0.717) is 42.8 Å². The summed E-state index contributed by atoms with van der Waals surface area (Å²) in [5.74, 6) is 1.32. The summed E-state index contributed by atoms with van der Waals surface area (Å²) in [7, 11) is 1.59. The molecular weight excluding hydrogens is 266 g/mol. The Morgan fingerprint density at radius 3 is 2.63 bits per heavy atom. The largest absolute Gasteiger partial charge is 0.493 e. The minimum Gasteiger partial charge on any atom is -0.493 e. The van der Waals surface area contributed by atoms with Crippen molar-refractivity contribution in [2.24, 2.45) is 5.73 Å². The summed E-state index contributed by atoms with van der Waals surface area (Å²) in [5, 5.41) is 0.615. The molecule has 1 aromatic rings. The Labute approximate surface area is 119 Å². The van der Waals surface area contributed by atoms with E-state index >= 15 is 0 Å². The molecule has 1 rings (SSSR count). The molecule has 1 atom stereocenters. The third-order valence-corrected chi connectivity index (χ3v) is 2.75. The molecule has 0 aromatic heterocycles. The molecule has 0 spiro atoms. The lowest BCUT2D eigenvalue weighted by molar-refractivity contribution is 0.108. The SMILES string of the molecule is CCOCCOc1c(CC(C)N)cc(Cl)cc1OC. The molecule has 19 heavy (non-hydrogen) atoms. The molecule has 4 nitrogen and oxygen atoms in total. The van der Waals surface area contributed by atoms with Crippen LogP contribution in [0.4, 0.5) is 0 Å². The lowest BCUT2D eigenvalue weighted by Gasteiger charge is -2.17. The lowest BCUT2D eigenvalue weighted by Crippen LogP contribution is -2.19. The first-order valence-electron chi connectivity index (χ1n) is 6.41. The molecule has 0 radical (unpaired) electrons. The maximum Gasteiger partial charge on any atom is 0.164 e. The highest BCUT2D eigenvalue weighted by Crippen LogP contribution is 2.35. The van der Waals surface area contributed by atoms with E-state index in [1.54, 1.807) is 13.2 Å². The number of halogens is 1. The molecule has 108 valence electrons. The van der Waals surface area contributed by atoms with Gasteiger partial charge in [-0.25, -0.2) is 0 Å². The minimum absolute atomic E-state index is 0.0254. The van der Waals surface area contributed by atoms with Crippen LogP contribution in [0.5, 0.6) is 11.5 Å². The Morgan fingerprint density at radius 1 is 1.32 bits per heavy atom. The molecule has 0 saturated carbocycles. The van der Waals surface area contributed by atoms with Crippen molar-refractivity contribution in [3.05, 3.63) is 22.7 Å². The fraction of sp³-hybridized carbons (Fsp3) is 0.571. The first kappa shape index (κ1) is 16.1. The average molecular weight is 288 g/mol. The fourth-order valence-electron chi connectivity index (χ4n) is 1.78. The van der Waals surface area contributed by atoms with Crippen molar-refractivity contribution in [1.82, 2.24) is 0 Å². The molecule has 5 heteroatoms. The van der Waals surface area contributed by atoms with Crippen molar-refractivity contribution >= 4 is 11.6 Å². The van der Waals surface area contributed by atoms with Crippen molar-refractivity contribution in [2.75, 3.05) is 26.9 Å². The number of hydrogen-bond acceptors (Lipinski definition) is 4. The molecule has 1 unspecified atom stereocenters. The van der Waals surface area contributed by atoms with Crippen LogP contribution in [0, 0.1) is 0 Å². The predicted octanol–water partition coefficient (Wildman–Crippen LogP) is 2.65. The Balaban J connectivity index is 2.89. The molecular formula is C14H22ClNO3. The molecule has 0 bridgehead atoms. The van der Waals surface area contributed by atoms with Gasteiger partial charge in [-0.1, -0.05) is 11.6 Å². The zero-order valence-corrected chi connectivity index (χ0v) is 12.5. The first-order chi connectivity index (χ1) is 9.08. The zero-order chi connectivity index (χ0) is 14.3. The summed E-state index contributed by atoms with van der Waals surface area (Å²) in [6.45, 7) is 5.58. The Hall–Kier alpha value is -0.970. The van der Waals surface area contributed by atoms with Crippen molar-refractivity contribution in [3.8, 4) is 11.5 Å². The van der Waals surface area contributed by atoms with Crippen LogP contribution in [0.15, 0.2) is 12.1 Å². The van der Waals surface area contributed by atoms with Crippen LogP contribution in [0.1, 0.15) is 19.4 Å². The summed E-state index contributed by atoms with van der Waals surface area (Å²) in [6.07, 6.45) is 0.681. The number of nitrogens with two attached hydrogens (primary N) is 1. The van der Waals surface area contributed by atoms with Crippen LogP contribution >= 0.6 is 11.6 Å². The Bertz CT molecular complexity index is 397. The van der Waals surface area contributed by atoms with Gasteiger partial charge >= 0.3 is 0 Å². The van der Waals surface area contributed by atoms with Crippen LogP contribution in [0.25, 0.3) is 0 Å². The van der Waals surface area contributed by atoms with Gasteiger partial charge in [0, 0.05) is 29.3 Å². The van der Waals surface area contributed by atoms with Crippen LogP contribution in [0.3, 0.4) is 0 Å². The lowest BCUT2D eigenvalue weighted by atomic mass is 10.1. The summed E-state index contributed by atoms with van der Waals surface area (Å²) < 4.78 is 16.3. The van der Waals surface area contributed by atoms with Gasteiger partial charge < -0.3 is 19.9 Å². The van der Waals surface area contributed by atoms with Gasteiger partial charge in [0.1, 0.15) is 6.61 Å². The van der Waals surface area contributed by atoms with E-state index in [4.69, 9.17) is 31.5 Å². The third-order valence-electron chi connectivity index (χ3n) is 2.54. The highest BCUT2D eigenvalue weighted by molar-refractivity contribution is 6.30. The van der Waals surface area contributed by atoms with Crippen molar-refractivity contribution in [2.45, 2.75) is 26.3 Å². The molecule has 0 saturated heterocycles. The van der Waals surface area contributed by atoms with Crippen molar-refractivity contribution in [3.63, 3.8) is 0 Å². The van der Waals surface area contributed by atoms with E-state index < -0.39 is 0 Å². The first-order valence-corrected chi connectivity index (χ1v) is 6.78. The van der Waals surface area contributed by atoms with Crippen LogP contribution in [-0.4, -0.2) is 33.0 Å². The van der Waals surface area contributed by atoms with E-state index in [1.807, 2.05) is 19.9 Å². The summed E-state index contributed by atoms with van der Waals surface area (Å²) >= 11 is 6.07. The highest BCUT2D eigenvalue weighted by Gasteiger charge is 2.14. The van der Waals surface area contributed by atoms with E-state index in [0.717, 1.165) is 5.56 Å². The van der Waals surface area contributed by atoms with Crippen molar-refractivity contribution < 1.29 is 14.2 Å². The third kappa shape index (κ3) is 5.27. The van der Waals surface area contributed by atoms with Gasteiger partial charge in [-0.05, 0) is 26.3 Å². The van der Waals surface area contributed by atoms with E-state index in [1.165, 1.54) is 0 Å². The zero-order valence-electron chi connectivity index (χ0n) is 11.7. The quantitative estimate of drug-likeness (QED) is 0.747. The number of benzene rings is 1. The molecule has 0 aliphatic rings. The number of hydrogen-bond donors (Lipinski definition) is 1. The fourth-order valence-corrected chi connectivity index (χ4v) is 2.01. The number of ether oxygens (including phenoxy) is 3. The molecule has 0 amide bonds. The average Bonchev–Trinajstić information content (AvgIpc) is 2.35. The van der Waals surface area contributed by atoms with Crippen LogP contribution < -0.4 is 15.2 Å². The van der Waals surface area contributed by atoms with Gasteiger partial charge in [-0.3, -0.25) is 0 Å². The highest BCUT2D eigenvalue weighted by atomic mass is 35.5. The summed E-state index contributed by atoms with van der Waals surface area (Å²) in [6, 6.07) is 3.63. The molecule has 0 aliphatic carbocycles. The smallest absolute Gasteiger partial charge is 0.164 e. The van der Waals surface area contributed by atoms with Crippen LogP contribution in [0.2, 0.25) is 5.02 Å². The monoisotopic (exact) mass is 287 g/mol. The van der Waals surface area contributed by atoms with Gasteiger partial charge in [0.25, 0.3) is 0 Å². The Morgan fingerprint density at radius 2 is 2.05 bits per heavy atom. The standard InChI is InChI=1S/C14H22ClNO3/c1-4-18-5-6-19-14-11(7-10(2)16)8-12(15)9-13(14)17-3/h8-10H,4-7,16H2,1-3H3. The molecule has 2 N–H and O–H groups in total. The van der Waals surface area contributed by atoms with E-state index in [2.05, 4.69) is 0 Å². The molecule has 1 aromatic carbocycles. The second kappa shape index (κ2) is 8.25. The normalized spacial score (nSPS) is 12.3. The molecule has 0 heterocycles. The molecule has 0 fully saturated rings. The van der Waals surface area contributed by atoms with Crippen molar-refractivity contribution in [1.29, 1.82) is 0 Å². The molecule has 0 aliphatic heterocycles. The number of rotatable bonds is 8. The maximum absolute atomic E-state index is 6.07. The summed E-state index contributed by atoms with van der Waals surface area (Å²) in [4.78, 5) is 0. The van der Waals surface area contributed by atoms with Gasteiger partial charge in [0.15, 0.2) is 11.5 Å². The minimum atomic E-state index is 0.0254. The van der Waals surface area contributed by atoms with Gasteiger partial charge in [0.05, 0.1) is 13.7 Å². The van der Waals surface area contributed by atoms with Gasteiger partial charge in [-0.15, -0.1) is 0 Å². The van der Waals surface area contributed by atoms with E-state index in [-0.39, 0.29) is 6.04 Å². The topological polar surface area (TPSA) is 53.7 Å². The Kier molecular flexibility index (Phi) is 6.99. The summed E-state index contributed by atoms with van der Waals surface area (Å²) in [5.41, 5.74) is 6.80. The number of methoxy groups -OCH3 is 1. The van der Waals surface area contributed by atoms with E-state index in [9.17, 15) is 0 Å².